The molecular formula is C9H16. The van der Waals surface area contributed by atoms with E-state index in [1.54, 1.807) is 12.8 Å². The normalized spacial score (nSPS) is 49.7. The van der Waals surface area contributed by atoms with Crippen molar-refractivity contribution >= 4 is 0 Å². The summed E-state index contributed by atoms with van der Waals surface area (Å²) in [4.78, 5) is 0. The van der Waals surface area contributed by atoms with Gasteiger partial charge in [0.15, 0.2) is 0 Å². The summed E-state index contributed by atoms with van der Waals surface area (Å²) in [6.07, 6.45) is 7.70. The lowest BCUT2D eigenvalue weighted by atomic mass is 9.80. The van der Waals surface area contributed by atoms with Crippen LogP contribution >= 0.6 is 0 Å². The number of hydrogen-bond donors (Lipinski definition) is 0. The average Bonchev–Trinajstić information content (AvgIpc) is 2.19. The Morgan fingerprint density at radius 3 is 1.89 bits per heavy atom. The van der Waals surface area contributed by atoms with Gasteiger partial charge in [0.2, 0.25) is 0 Å². The van der Waals surface area contributed by atoms with Gasteiger partial charge < -0.3 is 0 Å². The minimum atomic E-state index is 1.08. The van der Waals surface area contributed by atoms with Gasteiger partial charge in [-0.25, -0.2) is 0 Å². The lowest BCUT2D eigenvalue weighted by Crippen LogP contribution is -2.16. The molecular weight excluding hydrogens is 108 g/mol. The Labute approximate surface area is 57.6 Å². The molecule has 0 heterocycles. The Balaban J connectivity index is 2.10. The molecule has 2 bridgehead atoms. The monoisotopic (exact) mass is 124 g/mol. The van der Waals surface area contributed by atoms with E-state index < -0.39 is 0 Å². The van der Waals surface area contributed by atoms with E-state index in [2.05, 4.69) is 6.92 Å². The van der Waals surface area contributed by atoms with Crippen LogP contribution in [0.1, 0.15) is 39.0 Å². The number of hydrogen-bond acceptors (Lipinski definition) is 0. The number of fused-ring (bicyclic) bond motifs is 2. The third kappa shape index (κ3) is 0.798. The summed E-state index contributed by atoms with van der Waals surface area (Å²) in [6.45, 7) is 2.46. The Kier molecular flexibility index (Phi) is 1.28. The first-order valence-corrected chi connectivity index (χ1v) is 4.38. The van der Waals surface area contributed by atoms with Crippen molar-refractivity contribution < 1.29 is 0 Å². The van der Waals surface area contributed by atoms with Crippen LogP contribution in [-0.2, 0) is 0 Å². The van der Waals surface area contributed by atoms with Crippen molar-refractivity contribution in [3.8, 4) is 0 Å². The van der Waals surface area contributed by atoms with Crippen molar-refractivity contribution in [1.82, 2.24) is 0 Å². The first-order valence-electron chi connectivity index (χ1n) is 4.38. The molecule has 9 heavy (non-hydrogen) atoms. The molecule has 2 saturated carbocycles. The van der Waals surface area contributed by atoms with Crippen LogP contribution in [0, 0.1) is 17.8 Å². The summed E-state index contributed by atoms with van der Waals surface area (Å²) in [5.41, 5.74) is 0. The average molecular weight is 124 g/mol. The third-order valence-electron chi connectivity index (χ3n) is 3.55. The fraction of sp³-hybridized carbons (Fsp3) is 1.00. The van der Waals surface area contributed by atoms with E-state index in [1.165, 1.54) is 19.3 Å². The Bertz CT molecular complexity index is 90.6. The SMILES string of the molecule is CC1[C@@H]2CCC[C@H]1CC2. The molecule has 0 spiro atoms. The molecule has 2 aliphatic rings. The van der Waals surface area contributed by atoms with E-state index in [-0.39, 0.29) is 0 Å². The Morgan fingerprint density at radius 1 is 0.889 bits per heavy atom. The first-order chi connectivity index (χ1) is 4.38. The van der Waals surface area contributed by atoms with E-state index in [4.69, 9.17) is 0 Å². The van der Waals surface area contributed by atoms with Crippen LogP contribution in [0.4, 0.5) is 0 Å². The fourth-order valence-electron chi connectivity index (χ4n) is 2.80. The molecule has 2 fully saturated rings. The zero-order valence-corrected chi connectivity index (χ0v) is 6.27. The lowest BCUT2D eigenvalue weighted by Gasteiger charge is -2.25. The van der Waals surface area contributed by atoms with E-state index in [0.29, 0.717) is 0 Å². The second-order valence-electron chi connectivity index (χ2n) is 3.89. The molecule has 0 nitrogen and oxygen atoms in total. The van der Waals surface area contributed by atoms with Gasteiger partial charge in [0, 0.05) is 0 Å². The van der Waals surface area contributed by atoms with Crippen LogP contribution in [0.5, 0.6) is 0 Å². The van der Waals surface area contributed by atoms with Crippen molar-refractivity contribution in [1.29, 1.82) is 0 Å². The highest BCUT2D eigenvalue weighted by Gasteiger charge is 2.35. The molecule has 1 unspecified atom stereocenters. The van der Waals surface area contributed by atoms with Crippen molar-refractivity contribution in [3.05, 3.63) is 0 Å². The van der Waals surface area contributed by atoms with E-state index in [9.17, 15) is 0 Å². The fourth-order valence-corrected chi connectivity index (χ4v) is 2.80. The van der Waals surface area contributed by atoms with Gasteiger partial charge in [0.05, 0.1) is 0 Å². The maximum absolute atomic E-state index is 2.46. The Hall–Kier alpha value is 0. The van der Waals surface area contributed by atoms with E-state index >= 15 is 0 Å². The maximum Gasteiger partial charge on any atom is -0.0386 e. The Morgan fingerprint density at radius 2 is 1.44 bits per heavy atom. The summed E-state index contributed by atoms with van der Waals surface area (Å²) in [5.74, 6) is 3.34. The zero-order valence-electron chi connectivity index (χ0n) is 6.27. The molecule has 52 valence electrons. The highest BCUT2D eigenvalue weighted by molar-refractivity contribution is 4.85. The van der Waals surface area contributed by atoms with Gasteiger partial charge in [0.25, 0.3) is 0 Å². The summed E-state index contributed by atoms with van der Waals surface area (Å²) in [5, 5.41) is 0. The van der Waals surface area contributed by atoms with Gasteiger partial charge in [-0.15, -0.1) is 0 Å². The van der Waals surface area contributed by atoms with Crippen molar-refractivity contribution in [3.63, 3.8) is 0 Å². The minimum Gasteiger partial charge on any atom is -0.0620 e. The van der Waals surface area contributed by atoms with Crippen molar-refractivity contribution in [2.24, 2.45) is 17.8 Å². The summed E-state index contributed by atoms with van der Waals surface area (Å²) >= 11 is 0. The molecule has 0 aromatic carbocycles. The van der Waals surface area contributed by atoms with Gasteiger partial charge in [-0.05, 0) is 30.6 Å². The predicted octanol–water partition coefficient (Wildman–Crippen LogP) is 2.83. The topological polar surface area (TPSA) is 0 Å². The molecule has 0 aliphatic heterocycles. The van der Waals surface area contributed by atoms with Crippen LogP contribution < -0.4 is 0 Å². The van der Waals surface area contributed by atoms with Crippen LogP contribution in [0.3, 0.4) is 0 Å². The molecule has 0 aromatic heterocycles. The molecule has 2 rings (SSSR count). The minimum absolute atomic E-state index is 1.08. The van der Waals surface area contributed by atoms with Crippen LogP contribution in [-0.4, -0.2) is 0 Å². The molecule has 3 atom stereocenters. The van der Waals surface area contributed by atoms with Crippen LogP contribution in [0.25, 0.3) is 0 Å². The van der Waals surface area contributed by atoms with Gasteiger partial charge in [-0.3, -0.25) is 0 Å². The van der Waals surface area contributed by atoms with Crippen LogP contribution in [0.2, 0.25) is 0 Å². The summed E-state index contributed by atoms with van der Waals surface area (Å²) in [6, 6.07) is 0. The van der Waals surface area contributed by atoms with Crippen LogP contribution in [0.15, 0.2) is 0 Å². The molecule has 0 N–H and O–H groups in total. The first kappa shape index (κ1) is 5.76. The van der Waals surface area contributed by atoms with Gasteiger partial charge in [-0.1, -0.05) is 26.2 Å². The summed E-state index contributed by atoms with van der Waals surface area (Å²) < 4.78 is 0. The van der Waals surface area contributed by atoms with Gasteiger partial charge >= 0.3 is 0 Å². The predicted molar refractivity (Wildman–Crippen MR) is 39.2 cm³/mol. The van der Waals surface area contributed by atoms with Gasteiger partial charge in [-0.2, -0.15) is 0 Å². The lowest BCUT2D eigenvalue weighted by molar-refractivity contribution is 0.249. The zero-order chi connectivity index (χ0) is 6.27. The largest absolute Gasteiger partial charge is 0.0620 e. The second-order valence-corrected chi connectivity index (χ2v) is 3.89. The highest BCUT2D eigenvalue weighted by Crippen LogP contribution is 2.46. The van der Waals surface area contributed by atoms with Crippen molar-refractivity contribution in [2.75, 3.05) is 0 Å². The molecule has 0 aromatic rings. The summed E-state index contributed by atoms with van der Waals surface area (Å²) in [7, 11) is 0. The highest BCUT2D eigenvalue weighted by atomic mass is 14.4. The maximum atomic E-state index is 2.46. The smallest absolute Gasteiger partial charge is 0.0386 e. The molecule has 0 radical (unpaired) electrons. The van der Waals surface area contributed by atoms with E-state index in [0.717, 1.165) is 17.8 Å². The quantitative estimate of drug-likeness (QED) is 0.466. The van der Waals surface area contributed by atoms with Crippen molar-refractivity contribution in [2.45, 2.75) is 39.0 Å². The number of rotatable bonds is 0. The second kappa shape index (κ2) is 2.00. The molecule has 2 aliphatic carbocycles. The third-order valence-corrected chi connectivity index (χ3v) is 3.55. The standard InChI is InChI=1S/C9H16/c1-7-8-3-2-4-9(7)6-5-8/h7-9H,2-6H2,1H3/t7?,8-,9+. The molecule has 0 amide bonds. The van der Waals surface area contributed by atoms with Gasteiger partial charge in [0.1, 0.15) is 0 Å². The van der Waals surface area contributed by atoms with E-state index in [1.807, 2.05) is 0 Å². The molecule has 0 saturated heterocycles. The molecule has 0 heteroatoms.